The second-order valence-corrected chi connectivity index (χ2v) is 4.47. The molecule has 1 aromatic heterocycles. The van der Waals surface area contributed by atoms with Crippen LogP contribution in [0.5, 0.6) is 0 Å². The number of aryl methyl sites for hydroxylation is 1. The summed E-state index contributed by atoms with van der Waals surface area (Å²) in [6.45, 7) is 4.90. The largest absolute Gasteiger partial charge is 0.397 e. The normalized spacial score (nSPS) is 10.6. The zero-order valence-electron chi connectivity index (χ0n) is 11.6. The van der Waals surface area contributed by atoms with Gasteiger partial charge in [-0.1, -0.05) is 6.07 Å². The van der Waals surface area contributed by atoms with Gasteiger partial charge in [0.1, 0.15) is 11.5 Å². The first-order chi connectivity index (χ1) is 9.56. The van der Waals surface area contributed by atoms with Crippen LogP contribution in [0.3, 0.4) is 0 Å². The quantitative estimate of drug-likeness (QED) is 0.932. The lowest BCUT2D eigenvalue weighted by molar-refractivity contribution is 0.0979. The van der Waals surface area contributed by atoms with E-state index in [0.29, 0.717) is 30.2 Å². The van der Waals surface area contributed by atoms with E-state index in [0.717, 1.165) is 0 Å². The van der Waals surface area contributed by atoms with Crippen molar-refractivity contribution in [2.75, 3.05) is 17.2 Å². The minimum Gasteiger partial charge on any atom is -0.397 e. The number of benzene rings is 1. The third-order valence-electron chi connectivity index (χ3n) is 3.16. The molecule has 5 heteroatoms. The number of nitrogens with zero attached hydrogens (tertiary/aromatic N) is 2. The van der Waals surface area contributed by atoms with Crippen LogP contribution < -0.4 is 10.6 Å². The Morgan fingerprint density at radius 3 is 2.70 bits per heavy atom. The number of anilines is 2. The first-order valence-electron chi connectivity index (χ1n) is 6.59. The SMILES string of the molecule is CCN(C(=O)c1cc(N)cn1CC)c1cccc(F)c1. The molecule has 1 aromatic carbocycles. The van der Waals surface area contributed by atoms with Gasteiger partial charge < -0.3 is 15.2 Å². The summed E-state index contributed by atoms with van der Waals surface area (Å²) < 4.78 is 15.1. The highest BCUT2D eigenvalue weighted by molar-refractivity contribution is 6.05. The number of rotatable bonds is 4. The maximum Gasteiger partial charge on any atom is 0.274 e. The van der Waals surface area contributed by atoms with Crippen molar-refractivity contribution >= 4 is 17.3 Å². The van der Waals surface area contributed by atoms with E-state index in [1.54, 1.807) is 29.0 Å². The van der Waals surface area contributed by atoms with Crippen molar-refractivity contribution in [2.45, 2.75) is 20.4 Å². The van der Waals surface area contributed by atoms with E-state index < -0.39 is 0 Å². The van der Waals surface area contributed by atoms with Crippen molar-refractivity contribution in [1.82, 2.24) is 4.57 Å². The van der Waals surface area contributed by atoms with E-state index in [9.17, 15) is 9.18 Å². The average Bonchev–Trinajstić information content (AvgIpc) is 2.81. The number of hydrogen-bond acceptors (Lipinski definition) is 2. The summed E-state index contributed by atoms with van der Waals surface area (Å²) in [5, 5.41) is 0. The van der Waals surface area contributed by atoms with Crippen LogP contribution in [-0.4, -0.2) is 17.0 Å². The van der Waals surface area contributed by atoms with Crippen molar-refractivity contribution in [3.05, 3.63) is 48.0 Å². The molecule has 0 bridgehead atoms. The van der Waals surface area contributed by atoms with Crippen LogP contribution >= 0.6 is 0 Å². The Labute approximate surface area is 117 Å². The third-order valence-corrected chi connectivity index (χ3v) is 3.16. The summed E-state index contributed by atoms with van der Waals surface area (Å²) in [7, 11) is 0. The molecule has 106 valence electrons. The number of aromatic nitrogens is 1. The van der Waals surface area contributed by atoms with Crippen LogP contribution in [0.4, 0.5) is 15.8 Å². The van der Waals surface area contributed by atoms with Crippen molar-refractivity contribution < 1.29 is 9.18 Å². The predicted octanol–water partition coefficient (Wildman–Crippen LogP) is 2.90. The van der Waals surface area contributed by atoms with E-state index in [1.807, 2.05) is 13.8 Å². The predicted molar refractivity (Wildman–Crippen MR) is 78.3 cm³/mol. The fourth-order valence-electron chi connectivity index (χ4n) is 2.20. The Morgan fingerprint density at radius 2 is 2.10 bits per heavy atom. The van der Waals surface area contributed by atoms with E-state index in [2.05, 4.69) is 0 Å². The second kappa shape index (κ2) is 5.77. The fraction of sp³-hybridized carbons (Fsp3) is 0.267. The molecule has 0 atom stereocenters. The summed E-state index contributed by atoms with van der Waals surface area (Å²) in [4.78, 5) is 14.1. The third kappa shape index (κ3) is 2.66. The van der Waals surface area contributed by atoms with Gasteiger partial charge in [0.05, 0.1) is 5.69 Å². The molecule has 0 saturated carbocycles. The molecule has 0 spiro atoms. The molecule has 0 fully saturated rings. The number of nitrogen functional groups attached to an aromatic ring is 1. The first kappa shape index (κ1) is 14.1. The van der Waals surface area contributed by atoms with Crippen LogP contribution in [0.15, 0.2) is 36.5 Å². The molecule has 2 N–H and O–H groups in total. The van der Waals surface area contributed by atoms with Crippen molar-refractivity contribution in [3.63, 3.8) is 0 Å². The highest BCUT2D eigenvalue weighted by atomic mass is 19.1. The summed E-state index contributed by atoms with van der Waals surface area (Å²) in [5.41, 5.74) is 7.34. The Hall–Kier alpha value is -2.30. The first-order valence-corrected chi connectivity index (χ1v) is 6.59. The number of halogens is 1. The molecule has 0 unspecified atom stereocenters. The lowest BCUT2D eigenvalue weighted by Gasteiger charge is -2.21. The van der Waals surface area contributed by atoms with E-state index >= 15 is 0 Å². The van der Waals surface area contributed by atoms with Gasteiger partial charge in [-0.05, 0) is 38.1 Å². The molecule has 1 heterocycles. The smallest absolute Gasteiger partial charge is 0.274 e. The van der Waals surface area contributed by atoms with Gasteiger partial charge in [0.15, 0.2) is 0 Å². The number of carbonyl (C=O) groups excluding carboxylic acids is 1. The fourth-order valence-corrected chi connectivity index (χ4v) is 2.20. The second-order valence-electron chi connectivity index (χ2n) is 4.47. The summed E-state index contributed by atoms with van der Waals surface area (Å²) >= 11 is 0. The molecule has 20 heavy (non-hydrogen) atoms. The summed E-state index contributed by atoms with van der Waals surface area (Å²) in [6, 6.07) is 7.66. The number of hydrogen-bond donors (Lipinski definition) is 1. The van der Waals surface area contributed by atoms with E-state index in [4.69, 9.17) is 5.73 Å². The molecule has 0 aliphatic heterocycles. The highest BCUT2D eigenvalue weighted by Gasteiger charge is 2.20. The standard InChI is InChI=1S/C15H18FN3O/c1-3-18-10-12(17)9-14(18)15(20)19(4-2)13-7-5-6-11(16)8-13/h5-10H,3-4,17H2,1-2H3. The molecular weight excluding hydrogens is 257 g/mol. The van der Waals surface area contributed by atoms with Crippen molar-refractivity contribution in [2.24, 2.45) is 0 Å². The van der Waals surface area contributed by atoms with E-state index in [-0.39, 0.29) is 11.7 Å². The maximum atomic E-state index is 13.3. The van der Waals surface area contributed by atoms with Crippen LogP contribution in [-0.2, 0) is 6.54 Å². The summed E-state index contributed by atoms with van der Waals surface area (Å²) in [6.07, 6.45) is 1.73. The van der Waals surface area contributed by atoms with Crippen LogP contribution in [0.2, 0.25) is 0 Å². The Balaban J connectivity index is 2.38. The minimum absolute atomic E-state index is 0.184. The van der Waals surface area contributed by atoms with Crippen molar-refractivity contribution in [1.29, 1.82) is 0 Å². The monoisotopic (exact) mass is 275 g/mol. The zero-order valence-corrected chi connectivity index (χ0v) is 11.6. The molecule has 2 aromatic rings. The lowest BCUT2D eigenvalue weighted by Crippen LogP contribution is -2.32. The van der Waals surface area contributed by atoms with Crippen LogP contribution in [0, 0.1) is 5.82 Å². The van der Waals surface area contributed by atoms with Gasteiger partial charge in [-0.2, -0.15) is 0 Å². The molecule has 0 aliphatic rings. The van der Waals surface area contributed by atoms with Crippen LogP contribution in [0.25, 0.3) is 0 Å². The average molecular weight is 275 g/mol. The minimum atomic E-state index is -0.362. The molecule has 0 aliphatic carbocycles. The van der Waals surface area contributed by atoms with Gasteiger partial charge in [0, 0.05) is 25.0 Å². The van der Waals surface area contributed by atoms with Crippen LogP contribution in [0.1, 0.15) is 24.3 Å². The molecular formula is C15H18FN3O. The number of nitrogens with two attached hydrogens (primary N) is 1. The van der Waals surface area contributed by atoms with Gasteiger partial charge in [0.25, 0.3) is 5.91 Å². The molecule has 0 radical (unpaired) electrons. The Kier molecular flexibility index (Phi) is 4.08. The maximum absolute atomic E-state index is 13.3. The van der Waals surface area contributed by atoms with Gasteiger partial charge in [-0.25, -0.2) is 4.39 Å². The lowest BCUT2D eigenvalue weighted by atomic mass is 10.2. The number of carbonyl (C=O) groups is 1. The molecule has 0 saturated heterocycles. The Bertz CT molecular complexity index is 621. The highest BCUT2D eigenvalue weighted by Crippen LogP contribution is 2.20. The Morgan fingerprint density at radius 1 is 1.35 bits per heavy atom. The van der Waals surface area contributed by atoms with E-state index in [1.165, 1.54) is 17.0 Å². The van der Waals surface area contributed by atoms with Gasteiger partial charge in [-0.3, -0.25) is 4.79 Å². The van der Waals surface area contributed by atoms with Gasteiger partial charge in [-0.15, -0.1) is 0 Å². The van der Waals surface area contributed by atoms with Gasteiger partial charge >= 0.3 is 0 Å². The zero-order chi connectivity index (χ0) is 14.7. The number of amides is 1. The summed E-state index contributed by atoms with van der Waals surface area (Å²) in [5.74, 6) is -0.546. The van der Waals surface area contributed by atoms with Gasteiger partial charge in [0.2, 0.25) is 0 Å². The topological polar surface area (TPSA) is 51.3 Å². The molecule has 1 amide bonds. The molecule has 2 rings (SSSR count). The molecule has 4 nitrogen and oxygen atoms in total. The van der Waals surface area contributed by atoms with Crippen molar-refractivity contribution in [3.8, 4) is 0 Å².